The minimum absolute atomic E-state index is 0.278. The van der Waals surface area contributed by atoms with Crippen molar-refractivity contribution in [2.75, 3.05) is 17.2 Å². The molecule has 21 heavy (non-hydrogen) atoms. The lowest BCUT2D eigenvalue weighted by atomic mass is 10.1. The molecule has 1 heterocycles. The van der Waals surface area contributed by atoms with E-state index in [4.69, 9.17) is 10.00 Å². The first-order chi connectivity index (χ1) is 10.3. The van der Waals surface area contributed by atoms with Gasteiger partial charge >= 0.3 is 0 Å². The van der Waals surface area contributed by atoms with Crippen LogP contribution in [-0.2, 0) is 4.79 Å². The molecule has 0 spiro atoms. The van der Waals surface area contributed by atoms with E-state index in [0.29, 0.717) is 23.5 Å². The number of ether oxygens (including phenoxy) is 1. The van der Waals surface area contributed by atoms with Crippen LogP contribution in [0.5, 0.6) is 5.75 Å². The monoisotopic (exact) mass is 279 g/mol. The summed E-state index contributed by atoms with van der Waals surface area (Å²) >= 11 is 0. The second-order valence-corrected chi connectivity index (χ2v) is 4.63. The fourth-order valence-corrected chi connectivity index (χ4v) is 2.16. The first-order valence-electron chi connectivity index (χ1n) is 6.57. The van der Waals surface area contributed by atoms with Crippen molar-refractivity contribution in [1.29, 1.82) is 5.26 Å². The van der Waals surface area contributed by atoms with Gasteiger partial charge in [0.25, 0.3) is 5.91 Å². The van der Waals surface area contributed by atoms with Gasteiger partial charge < -0.3 is 15.4 Å². The van der Waals surface area contributed by atoms with Crippen molar-refractivity contribution >= 4 is 17.3 Å². The number of benzene rings is 2. The molecule has 1 aliphatic heterocycles. The Bertz CT molecular complexity index is 721. The van der Waals surface area contributed by atoms with Crippen molar-refractivity contribution in [2.24, 2.45) is 0 Å². The zero-order valence-electron chi connectivity index (χ0n) is 11.2. The third kappa shape index (κ3) is 2.65. The summed E-state index contributed by atoms with van der Waals surface area (Å²) in [5, 5.41) is 14.9. The van der Waals surface area contributed by atoms with Gasteiger partial charge in [0, 0.05) is 0 Å². The fraction of sp³-hybridized carbons (Fsp3) is 0.125. The molecular formula is C16H13N3O2. The lowest BCUT2D eigenvalue weighted by molar-refractivity contribution is -0.122. The van der Waals surface area contributed by atoms with Crippen LogP contribution in [0.15, 0.2) is 48.5 Å². The fourth-order valence-electron chi connectivity index (χ4n) is 2.16. The van der Waals surface area contributed by atoms with Gasteiger partial charge in [0.2, 0.25) is 0 Å². The Balaban J connectivity index is 1.74. The van der Waals surface area contributed by atoms with Gasteiger partial charge in [-0.15, -0.1) is 0 Å². The Kier molecular flexibility index (Phi) is 3.44. The van der Waals surface area contributed by atoms with Gasteiger partial charge in [-0.25, -0.2) is 0 Å². The molecule has 2 N–H and O–H groups in total. The third-order valence-electron chi connectivity index (χ3n) is 3.23. The number of carbonyl (C=O) groups is 1. The molecule has 0 radical (unpaired) electrons. The van der Waals surface area contributed by atoms with E-state index in [1.165, 1.54) is 0 Å². The number of nitrogens with one attached hydrogen (secondary N) is 2. The van der Waals surface area contributed by atoms with Crippen LogP contribution in [0.25, 0.3) is 0 Å². The van der Waals surface area contributed by atoms with Gasteiger partial charge in [-0.2, -0.15) is 5.26 Å². The smallest absolute Gasteiger partial charge is 0.267 e. The summed E-state index contributed by atoms with van der Waals surface area (Å²) in [6.07, 6.45) is -0.633. The van der Waals surface area contributed by atoms with Crippen LogP contribution >= 0.6 is 0 Å². The summed E-state index contributed by atoms with van der Waals surface area (Å²) in [7, 11) is 0. The molecule has 0 aromatic heterocycles. The van der Waals surface area contributed by atoms with E-state index in [0.717, 1.165) is 5.69 Å². The maximum atomic E-state index is 12.3. The van der Waals surface area contributed by atoms with E-state index in [-0.39, 0.29) is 5.91 Å². The first kappa shape index (κ1) is 13.0. The number of fused-ring (bicyclic) bond motifs is 1. The van der Waals surface area contributed by atoms with Gasteiger partial charge in [-0.1, -0.05) is 24.3 Å². The van der Waals surface area contributed by atoms with Crippen molar-refractivity contribution in [1.82, 2.24) is 0 Å². The van der Waals surface area contributed by atoms with Crippen molar-refractivity contribution in [3.05, 3.63) is 54.1 Å². The number of carbonyl (C=O) groups excluding carboxylic acids is 1. The molecule has 2 aromatic rings. The topological polar surface area (TPSA) is 74.2 Å². The zero-order chi connectivity index (χ0) is 14.7. The molecule has 2 aromatic carbocycles. The molecule has 1 amide bonds. The van der Waals surface area contributed by atoms with Gasteiger partial charge in [-0.05, 0) is 24.3 Å². The zero-order valence-corrected chi connectivity index (χ0v) is 11.2. The molecule has 1 unspecified atom stereocenters. The second kappa shape index (κ2) is 5.55. The van der Waals surface area contributed by atoms with Crippen LogP contribution in [0, 0.1) is 11.3 Å². The van der Waals surface area contributed by atoms with Crippen molar-refractivity contribution < 1.29 is 9.53 Å². The Morgan fingerprint density at radius 3 is 2.86 bits per heavy atom. The van der Waals surface area contributed by atoms with Crippen molar-refractivity contribution in [2.45, 2.75) is 6.10 Å². The van der Waals surface area contributed by atoms with Crippen LogP contribution in [0.1, 0.15) is 5.56 Å². The molecule has 1 aliphatic rings. The maximum absolute atomic E-state index is 12.3. The molecule has 104 valence electrons. The predicted molar refractivity (Wildman–Crippen MR) is 79.1 cm³/mol. The van der Waals surface area contributed by atoms with E-state index >= 15 is 0 Å². The number of para-hydroxylation sites is 3. The highest BCUT2D eigenvalue weighted by Gasteiger charge is 2.26. The van der Waals surface area contributed by atoms with E-state index in [1.807, 2.05) is 30.3 Å². The quantitative estimate of drug-likeness (QED) is 0.885. The number of rotatable bonds is 2. The minimum Gasteiger partial charge on any atom is -0.477 e. The molecule has 5 nitrogen and oxygen atoms in total. The normalized spacial score (nSPS) is 15.9. The highest BCUT2D eigenvalue weighted by Crippen LogP contribution is 2.28. The molecule has 5 heteroatoms. The Hall–Kier alpha value is -3.00. The Labute approximate surface area is 122 Å². The molecule has 0 saturated heterocycles. The maximum Gasteiger partial charge on any atom is 0.267 e. The predicted octanol–water partition coefficient (Wildman–Crippen LogP) is 2.37. The Morgan fingerprint density at radius 1 is 1.24 bits per heavy atom. The summed E-state index contributed by atoms with van der Waals surface area (Å²) < 4.78 is 5.68. The lowest BCUT2D eigenvalue weighted by Crippen LogP contribution is -2.41. The van der Waals surface area contributed by atoms with E-state index < -0.39 is 6.10 Å². The van der Waals surface area contributed by atoms with E-state index in [2.05, 4.69) is 10.6 Å². The molecule has 0 saturated carbocycles. The summed E-state index contributed by atoms with van der Waals surface area (Å²) in [5.41, 5.74) is 1.79. The number of anilines is 2. The molecule has 0 aliphatic carbocycles. The average Bonchev–Trinajstić information content (AvgIpc) is 2.55. The van der Waals surface area contributed by atoms with E-state index in [9.17, 15) is 4.79 Å². The van der Waals surface area contributed by atoms with Gasteiger partial charge in [-0.3, -0.25) is 4.79 Å². The van der Waals surface area contributed by atoms with Crippen LogP contribution < -0.4 is 15.4 Å². The number of nitrogens with zero attached hydrogens (tertiary/aromatic N) is 1. The highest BCUT2D eigenvalue weighted by atomic mass is 16.5. The molecule has 0 bridgehead atoms. The summed E-state index contributed by atoms with van der Waals surface area (Å²) in [6, 6.07) is 16.4. The lowest BCUT2D eigenvalue weighted by Gasteiger charge is -2.26. The number of amides is 1. The number of hydrogen-bond acceptors (Lipinski definition) is 4. The van der Waals surface area contributed by atoms with Gasteiger partial charge in [0.05, 0.1) is 23.5 Å². The SMILES string of the molecule is N#Cc1ccccc1NC(=O)C1CNc2ccccc2O1. The summed E-state index contributed by atoms with van der Waals surface area (Å²) in [4.78, 5) is 12.3. The molecule has 3 rings (SSSR count). The molecule has 0 fully saturated rings. The number of hydrogen-bond donors (Lipinski definition) is 2. The summed E-state index contributed by atoms with van der Waals surface area (Å²) in [6.45, 7) is 0.386. The van der Waals surface area contributed by atoms with Crippen LogP contribution in [-0.4, -0.2) is 18.6 Å². The standard InChI is InChI=1S/C16H13N3O2/c17-9-11-5-1-2-6-12(11)19-16(20)15-10-18-13-7-3-4-8-14(13)21-15/h1-8,15,18H,10H2,(H,19,20). The summed E-state index contributed by atoms with van der Waals surface area (Å²) in [5.74, 6) is 0.372. The van der Waals surface area contributed by atoms with Crippen molar-refractivity contribution in [3.8, 4) is 11.8 Å². The van der Waals surface area contributed by atoms with Crippen molar-refractivity contribution in [3.63, 3.8) is 0 Å². The van der Waals surface area contributed by atoms with Gasteiger partial charge in [0.1, 0.15) is 11.8 Å². The first-order valence-corrected chi connectivity index (χ1v) is 6.57. The van der Waals surface area contributed by atoms with Crippen LogP contribution in [0.2, 0.25) is 0 Å². The third-order valence-corrected chi connectivity index (χ3v) is 3.23. The number of nitriles is 1. The molecule has 1 atom stereocenters. The van der Waals surface area contributed by atoms with Crippen LogP contribution in [0.4, 0.5) is 11.4 Å². The Morgan fingerprint density at radius 2 is 2.00 bits per heavy atom. The van der Waals surface area contributed by atoms with Gasteiger partial charge in [0.15, 0.2) is 6.10 Å². The average molecular weight is 279 g/mol. The van der Waals surface area contributed by atoms with Crippen LogP contribution in [0.3, 0.4) is 0 Å². The van der Waals surface area contributed by atoms with E-state index in [1.54, 1.807) is 24.3 Å². The second-order valence-electron chi connectivity index (χ2n) is 4.63. The largest absolute Gasteiger partial charge is 0.477 e. The molecular weight excluding hydrogens is 266 g/mol. The highest BCUT2D eigenvalue weighted by molar-refractivity contribution is 5.96. The minimum atomic E-state index is -0.633.